The highest BCUT2D eigenvalue weighted by Crippen LogP contribution is 2.62. The molecule has 1 heterocycles. The van der Waals surface area contributed by atoms with Crippen LogP contribution in [0.2, 0.25) is 0 Å². The van der Waals surface area contributed by atoms with Crippen LogP contribution in [0.1, 0.15) is 85.7 Å². The number of carbonyl (C=O) groups excluding carboxylic acids is 1. The van der Waals surface area contributed by atoms with Crippen molar-refractivity contribution >= 4 is 33.2 Å². The van der Waals surface area contributed by atoms with Crippen LogP contribution in [-0.4, -0.2) is 64.9 Å². The van der Waals surface area contributed by atoms with Crippen LogP contribution in [0.25, 0.3) is 21.5 Å². The smallest absolute Gasteiger partial charge is 0.254 e. The lowest BCUT2D eigenvalue weighted by molar-refractivity contribution is -0.254. The number of ether oxygens (including phenoxy) is 3. The summed E-state index contributed by atoms with van der Waals surface area (Å²) in [5, 5.41) is 29.4. The number of hydrogen-bond donors (Lipinski definition) is 2. The fraction of sp³-hybridized carbons (Fsp3) is 0.345. The number of allylic oxidation sites excluding steroid dienone is 1. The summed E-state index contributed by atoms with van der Waals surface area (Å²) in [6.07, 6.45) is 9.87. The van der Waals surface area contributed by atoms with Crippen molar-refractivity contribution in [3.8, 4) is 17.2 Å². The zero-order chi connectivity index (χ0) is 46.2. The van der Waals surface area contributed by atoms with E-state index in [0.717, 1.165) is 75.4 Å². The van der Waals surface area contributed by atoms with E-state index in [9.17, 15) is 10.2 Å². The molecule has 1 fully saturated rings. The molecular weight excluding hydrogens is 837 g/mol. The summed E-state index contributed by atoms with van der Waals surface area (Å²) in [5.74, 6) is 0.155. The van der Waals surface area contributed by atoms with E-state index in [0.29, 0.717) is 49.3 Å². The van der Waals surface area contributed by atoms with Crippen molar-refractivity contribution in [1.29, 1.82) is 0 Å². The molecule has 0 unspecified atom stereocenters. The maximum Gasteiger partial charge on any atom is 0.254 e. The predicted molar refractivity (Wildman–Crippen MR) is 265 cm³/mol. The summed E-state index contributed by atoms with van der Waals surface area (Å²) < 4.78 is 21.5. The highest BCUT2D eigenvalue weighted by atomic mass is 16.7. The SMILES string of the molecule is C=CCO[C@@]12Oc3ccc(Oc4ccc5ccccc5c4)cc3[C@H]3[C@H](CCCCO)[C@@H](CCCCO)C=C(C(=NOCc4ccccc4)C[C@@H]1N(CCC)C(=O)c1ccc4ccccc4c1)[C@H]32. The molecule has 1 aliphatic heterocycles. The van der Waals surface area contributed by atoms with E-state index in [1.807, 2.05) is 102 Å². The Bertz CT molecular complexity index is 2730. The summed E-state index contributed by atoms with van der Waals surface area (Å²) in [7, 11) is 0. The highest BCUT2D eigenvalue weighted by molar-refractivity contribution is 6.04. The van der Waals surface area contributed by atoms with Crippen LogP contribution in [-0.2, 0) is 16.2 Å². The van der Waals surface area contributed by atoms with Gasteiger partial charge in [0.25, 0.3) is 5.91 Å². The number of hydrogen-bond acceptors (Lipinski definition) is 8. The second-order valence-corrected chi connectivity index (χ2v) is 18.2. The predicted octanol–water partition coefficient (Wildman–Crippen LogP) is 12.2. The maximum absolute atomic E-state index is 15.4. The molecule has 0 radical (unpaired) electrons. The number of amides is 1. The summed E-state index contributed by atoms with van der Waals surface area (Å²) in [6.45, 7) is 7.33. The van der Waals surface area contributed by atoms with Crippen molar-refractivity contribution in [1.82, 2.24) is 4.90 Å². The van der Waals surface area contributed by atoms with Gasteiger partial charge in [-0.25, -0.2) is 0 Å². The lowest BCUT2D eigenvalue weighted by Gasteiger charge is -2.60. The van der Waals surface area contributed by atoms with Gasteiger partial charge in [0.2, 0.25) is 5.79 Å². The summed E-state index contributed by atoms with van der Waals surface area (Å²) in [5.41, 5.74) is 4.34. The molecule has 0 saturated heterocycles. The van der Waals surface area contributed by atoms with E-state index < -0.39 is 17.7 Å². The van der Waals surface area contributed by atoms with E-state index in [-0.39, 0.29) is 50.1 Å². The largest absolute Gasteiger partial charge is 0.459 e. The van der Waals surface area contributed by atoms with Gasteiger partial charge in [0.05, 0.1) is 18.2 Å². The third-order valence-corrected chi connectivity index (χ3v) is 13.9. The molecule has 6 atom stereocenters. The third kappa shape index (κ3) is 9.64. The van der Waals surface area contributed by atoms with E-state index >= 15 is 4.79 Å². The Morgan fingerprint density at radius 1 is 0.806 bits per heavy atom. The number of nitrogens with zero attached hydrogens (tertiary/aromatic N) is 2. The third-order valence-electron chi connectivity index (χ3n) is 13.9. The molecule has 346 valence electrons. The van der Waals surface area contributed by atoms with Gasteiger partial charge in [-0.1, -0.05) is 128 Å². The van der Waals surface area contributed by atoms with Crippen molar-refractivity contribution < 1.29 is 34.1 Å². The Hall–Kier alpha value is -6.26. The van der Waals surface area contributed by atoms with Gasteiger partial charge in [0.15, 0.2) is 0 Å². The fourth-order valence-corrected chi connectivity index (χ4v) is 11.0. The molecule has 9 rings (SSSR count). The van der Waals surface area contributed by atoms with Crippen molar-refractivity contribution in [2.45, 2.75) is 82.6 Å². The number of benzene rings is 6. The molecule has 0 aromatic heterocycles. The Morgan fingerprint density at radius 3 is 2.21 bits per heavy atom. The van der Waals surface area contributed by atoms with Gasteiger partial charge < -0.3 is 34.2 Å². The molecule has 1 saturated carbocycles. The normalized spacial score (nSPS) is 22.3. The molecule has 6 aromatic carbocycles. The lowest BCUT2D eigenvalue weighted by Crippen LogP contribution is -2.70. The summed E-state index contributed by atoms with van der Waals surface area (Å²) in [4.78, 5) is 23.6. The van der Waals surface area contributed by atoms with Gasteiger partial charge in [-0.2, -0.15) is 0 Å². The van der Waals surface area contributed by atoms with Crippen LogP contribution in [0.15, 0.2) is 163 Å². The van der Waals surface area contributed by atoms with Gasteiger partial charge in [0.1, 0.15) is 29.9 Å². The number of carbonyl (C=O) groups is 1. The second kappa shape index (κ2) is 21.1. The minimum absolute atomic E-state index is 0.0744. The first-order valence-electron chi connectivity index (χ1n) is 24.2. The van der Waals surface area contributed by atoms with E-state index in [4.69, 9.17) is 24.2 Å². The van der Waals surface area contributed by atoms with Gasteiger partial charge in [-0.15, -0.1) is 6.58 Å². The van der Waals surface area contributed by atoms with Crippen molar-refractivity contribution in [3.05, 3.63) is 174 Å². The Morgan fingerprint density at radius 2 is 1.48 bits per heavy atom. The molecule has 2 N–H and O–H groups in total. The zero-order valence-corrected chi connectivity index (χ0v) is 38.5. The van der Waals surface area contributed by atoms with Gasteiger partial charge in [-0.05, 0) is 119 Å². The van der Waals surface area contributed by atoms with E-state index in [2.05, 4.69) is 56.0 Å². The maximum atomic E-state index is 15.4. The molecule has 9 heteroatoms. The summed E-state index contributed by atoms with van der Waals surface area (Å²) in [6, 6.07) is 43.9. The first-order chi connectivity index (χ1) is 32.9. The molecule has 3 aliphatic rings. The zero-order valence-electron chi connectivity index (χ0n) is 38.5. The van der Waals surface area contributed by atoms with Crippen molar-refractivity contribution in [2.24, 2.45) is 22.9 Å². The number of aliphatic hydroxyl groups is 2. The molecule has 1 amide bonds. The first-order valence-corrected chi connectivity index (χ1v) is 24.2. The lowest BCUT2D eigenvalue weighted by atomic mass is 9.55. The molecule has 2 aliphatic carbocycles. The molecule has 0 bridgehead atoms. The van der Waals surface area contributed by atoms with Crippen molar-refractivity contribution in [2.75, 3.05) is 26.4 Å². The highest BCUT2D eigenvalue weighted by Gasteiger charge is 2.65. The Labute approximate surface area is 394 Å². The van der Waals surface area contributed by atoms with Crippen LogP contribution >= 0.6 is 0 Å². The average molecular weight is 899 g/mol. The van der Waals surface area contributed by atoms with E-state index in [1.54, 1.807) is 6.08 Å². The van der Waals surface area contributed by atoms with Crippen LogP contribution in [0.3, 0.4) is 0 Å². The van der Waals surface area contributed by atoms with Gasteiger partial charge in [-0.3, -0.25) is 4.79 Å². The van der Waals surface area contributed by atoms with Gasteiger partial charge >= 0.3 is 0 Å². The van der Waals surface area contributed by atoms with E-state index in [1.165, 1.54) is 0 Å². The molecular formula is C58H62N2O7. The Balaban J connectivity index is 1.23. The first kappa shape index (κ1) is 45.9. The Kier molecular flexibility index (Phi) is 14.5. The van der Waals surface area contributed by atoms with Crippen LogP contribution in [0, 0.1) is 17.8 Å². The minimum Gasteiger partial charge on any atom is -0.459 e. The number of fused-ring (bicyclic) bond motifs is 4. The summed E-state index contributed by atoms with van der Waals surface area (Å²) >= 11 is 0. The standard InChI is InChI=1S/C58H62N2O7/c1-3-30-60(57(63)46-25-24-41-18-8-10-20-43(41)34-46)54-38-52(59-65-39-40-16-6-5-7-17-40)50-36-45(22-12-14-31-61)49(23-13-15-32-62)55-51-37-48(66-47-27-26-42-19-9-11-21-44(42)35-47)28-29-53(51)67-58(54,56(50)55)64-33-4-2/h4-11,16-21,24-29,34-37,45,49,54-56,61-62H,2-3,12-15,22-23,30-33,38-39H2,1H3/t45-,49+,54-,55+,56+,58+/m0/s1. The molecule has 9 nitrogen and oxygen atoms in total. The average Bonchev–Trinajstić information content (AvgIpc) is 3.36. The van der Waals surface area contributed by atoms with Gasteiger partial charge in [0, 0.05) is 43.2 Å². The monoisotopic (exact) mass is 898 g/mol. The number of unbranched alkanes of at least 4 members (excludes halogenated alkanes) is 2. The number of oxime groups is 1. The van der Waals surface area contributed by atoms with Crippen LogP contribution in [0.5, 0.6) is 17.2 Å². The van der Waals surface area contributed by atoms with Crippen molar-refractivity contribution in [3.63, 3.8) is 0 Å². The van der Waals surface area contributed by atoms with Crippen LogP contribution in [0.4, 0.5) is 0 Å². The second-order valence-electron chi connectivity index (χ2n) is 18.2. The molecule has 67 heavy (non-hydrogen) atoms. The topological polar surface area (TPSA) is 110 Å². The van der Waals surface area contributed by atoms with Crippen LogP contribution < -0.4 is 9.47 Å². The number of rotatable bonds is 20. The molecule has 0 spiro atoms. The quantitative estimate of drug-likeness (QED) is 0.0446. The number of aliphatic hydroxyl groups excluding tert-OH is 2. The minimum atomic E-state index is -1.37. The fourth-order valence-electron chi connectivity index (χ4n) is 11.0. The molecule has 6 aromatic rings.